The number of esters is 1. The molecule has 1 fully saturated rings. The summed E-state index contributed by atoms with van der Waals surface area (Å²) in [7, 11) is 1.57. The van der Waals surface area contributed by atoms with Crippen LogP contribution in [0.3, 0.4) is 0 Å². The van der Waals surface area contributed by atoms with Crippen molar-refractivity contribution in [1.29, 1.82) is 0 Å². The maximum atomic E-state index is 14.0. The monoisotopic (exact) mass is 642 g/mol. The molecule has 2 atom stereocenters. The summed E-state index contributed by atoms with van der Waals surface area (Å²) in [5.41, 5.74) is 1.69. The van der Waals surface area contributed by atoms with Gasteiger partial charge in [-0.3, -0.25) is 14.5 Å². The molecule has 3 aromatic carbocycles. The van der Waals surface area contributed by atoms with E-state index in [9.17, 15) is 18.8 Å². The van der Waals surface area contributed by atoms with Gasteiger partial charge in [-0.15, -0.1) is 11.8 Å². The van der Waals surface area contributed by atoms with Crippen molar-refractivity contribution in [3.63, 3.8) is 0 Å². The van der Waals surface area contributed by atoms with Gasteiger partial charge in [0.1, 0.15) is 35.3 Å². The lowest BCUT2D eigenvalue weighted by Gasteiger charge is -2.49. The molecule has 3 aromatic rings. The number of β-lactam (4-membered cyclic amide) rings is 1. The van der Waals surface area contributed by atoms with Crippen LogP contribution in [0.5, 0.6) is 5.75 Å². The molecular formula is C29H24BrFN2O5S2. The fourth-order valence-corrected chi connectivity index (χ4v) is 7.30. The average molecular weight is 644 g/mol. The molecule has 2 amide bonds. The lowest BCUT2D eigenvalue weighted by molar-refractivity contribution is -0.153. The van der Waals surface area contributed by atoms with E-state index in [0.717, 1.165) is 11.1 Å². The van der Waals surface area contributed by atoms with E-state index < -0.39 is 29.1 Å². The number of hydrogen-bond donors (Lipinski definition) is 1. The van der Waals surface area contributed by atoms with Gasteiger partial charge in [-0.25, -0.2) is 9.18 Å². The minimum Gasteiger partial charge on any atom is -0.497 e. The van der Waals surface area contributed by atoms with Crippen LogP contribution >= 0.6 is 39.5 Å². The SMILES string of the molecule is COc1ccc(COC(=O)C2=C(Sc3cc(F)ccc3Br)CS[C@H]3[C@H](NC(=O)Cc4ccccc4)C(=O)N23)cc1. The number of halogens is 2. The Balaban J connectivity index is 1.36. The first-order chi connectivity index (χ1) is 19.3. The molecule has 0 radical (unpaired) electrons. The summed E-state index contributed by atoms with van der Waals surface area (Å²) in [4.78, 5) is 42.0. The van der Waals surface area contributed by atoms with Gasteiger partial charge in [-0.1, -0.05) is 54.2 Å². The normalized spacial score (nSPS) is 18.1. The van der Waals surface area contributed by atoms with Gasteiger partial charge in [0.15, 0.2) is 0 Å². The van der Waals surface area contributed by atoms with Gasteiger partial charge in [-0.2, -0.15) is 0 Å². The first-order valence-electron chi connectivity index (χ1n) is 12.3. The molecule has 1 saturated heterocycles. The summed E-state index contributed by atoms with van der Waals surface area (Å²) in [5, 5.41) is 2.36. The standard InChI is InChI=1S/C29H24BrFN2O5S2/c1-37-20-10-7-18(8-11-20)15-38-29(36)26-23(40-22-14-19(31)9-12-21(22)30)16-39-28-25(27(35)33(26)28)32-24(34)13-17-5-3-2-4-6-17/h2-12,14,25,28H,13,15-16H2,1H3,(H,32,34)/t25-,28+/m1/s1. The van der Waals surface area contributed by atoms with Crippen molar-refractivity contribution in [1.82, 2.24) is 10.2 Å². The van der Waals surface area contributed by atoms with Gasteiger partial charge in [0.05, 0.1) is 13.5 Å². The number of methoxy groups -OCH3 is 1. The second-order valence-electron chi connectivity index (χ2n) is 8.99. The maximum Gasteiger partial charge on any atom is 0.356 e. The molecule has 2 aliphatic rings. The van der Waals surface area contributed by atoms with E-state index in [2.05, 4.69) is 21.2 Å². The number of ether oxygens (including phenoxy) is 2. The van der Waals surface area contributed by atoms with Crippen molar-refractivity contribution in [3.8, 4) is 5.75 Å². The van der Waals surface area contributed by atoms with Gasteiger partial charge in [-0.05, 0) is 57.4 Å². The first-order valence-corrected chi connectivity index (χ1v) is 14.9. The predicted octanol–water partition coefficient (Wildman–Crippen LogP) is 5.29. The number of nitrogens with one attached hydrogen (secondary N) is 1. The van der Waals surface area contributed by atoms with Crippen LogP contribution in [0.4, 0.5) is 4.39 Å². The van der Waals surface area contributed by atoms with Crippen molar-refractivity contribution in [3.05, 3.63) is 105 Å². The summed E-state index contributed by atoms with van der Waals surface area (Å²) in [5.74, 6) is -0.709. The molecule has 1 N–H and O–H groups in total. The second kappa shape index (κ2) is 12.5. The lowest BCUT2D eigenvalue weighted by atomic mass is 10.0. The molecule has 11 heteroatoms. The zero-order valence-electron chi connectivity index (χ0n) is 21.3. The third-order valence-corrected chi connectivity index (χ3v) is 9.86. The highest BCUT2D eigenvalue weighted by Gasteiger charge is 2.54. The van der Waals surface area contributed by atoms with Crippen LogP contribution < -0.4 is 10.1 Å². The highest BCUT2D eigenvalue weighted by atomic mass is 79.9. The Bertz CT molecular complexity index is 1470. The number of hydrogen-bond acceptors (Lipinski definition) is 7. The molecule has 0 saturated carbocycles. The van der Waals surface area contributed by atoms with E-state index in [1.54, 1.807) is 37.4 Å². The molecule has 40 heavy (non-hydrogen) atoms. The lowest BCUT2D eigenvalue weighted by Crippen LogP contribution is -2.70. The van der Waals surface area contributed by atoms with Crippen LogP contribution in [0.1, 0.15) is 11.1 Å². The Morgan fingerprint density at radius 1 is 1.10 bits per heavy atom. The molecule has 0 aromatic heterocycles. The Hall–Kier alpha value is -3.28. The number of carbonyl (C=O) groups excluding carboxylic acids is 3. The van der Waals surface area contributed by atoms with Crippen molar-refractivity contribution in [2.75, 3.05) is 12.9 Å². The maximum absolute atomic E-state index is 14.0. The number of fused-ring (bicyclic) bond motifs is 1. The molecule has 0 unspecified atom stereocenters. The molecule has 7 nitrogen and oxygen atoms in total. The minimum absolute atomic E-state index is 0.00891. The van der Waals surface area contributed by atoms with E-state index in [1.807, 2.05) is 30.3 Å². The number of benzene rings is 3. The molecule has 2 heterocycles. The van der Waals surface area contributed by atoms with Crippen LogP contribution in [0.25, 0.3) is 0 Å². The summed E-state index contributed by atoms with van der Waals surface area (Å²) >= 11 is 6.06. The van der Waals surface area contributed by atoms with E-state index in [1.165, 1.54) is 40.6 Å². The highest BCUT2D eigenvalue weighted by molar-refractivity contribution is 9.10. The van der Waals surface area contributed by atoms with E-state index in [4.69, 9.17) is 9.47 Å². The van der Waals surface area contributed by atoms with Crippen LogP contribution in [0, 0.1) is 5.82 Å². The Labute approximate surface area is 247 Å². The largest absolute Gasteiger partial charge is 0.497 e. The van der Waals surface area contributed by atoms with Gasteiger partial charge in [0.2, 0.25) is 5.91 Å². The minimum atomic E-state index is -0.766. The number of rotatable bonds is 9. The van der Waals surface area contributed by atoms with Gasteiger partial charge >= 0.3 is 5.97 Å². The second-order valence-corrected chi connectivity index (χ2v) is 12.1. The average Bonchev–Trinajstić information content (AvgIpc) is 2.97. The number of thioether (sulfide) groups is 2. The third-order valence-electron chi connectivity index (χ3n) is 6.31. The van der Waals surface area contributed by atoms with Crippen LogP contribution in [0.15, 0.2) is 92.8 Å². The third kappa shape index (κ3) is 6.21. The summed E-state index contributed by atoms with van der Waals surface area (Å²) in [6.07, 6.45) is 0.142. The summed E-state index contributed by atoms with van der Waals surface area (Å²) < 4.78 is 25.5. The van der Waals surface area contributed by atoms with Gasteiger partial charge < -0.3 is 14.8 Å². The molecule has 5 rings (SSSR count). The Kier molecular flexibility index (Phi) is 8.82. The number of carbonyl (C=O) groups is 3. The van der Waals surface area contributed by atoms with E-state index in [0.29, 0.717) is 25.8 Å². The molecular weight excluding hydrogens is 619 g/mol. The van der Waals surface area contributed by atoms with Crippen molar-refractivity contribution < 1.29 is 28.2 Å². The molecule has 0 bridgehead atoms. The smallest absolute Gasteiger partial charge is 0.356 e. The van der Waals surface area contributed by atoms with Crippen LogP contribution in [-0.2, 0) is 32.1 Å². The first kappa shape index (κ1) is 28.3. The van der Waals surface area contributed by atoms with E-state index >= 15 is 0 Å². The summed E-state index contributed by atoms with van der Waals surface area (Å²) in [6, 6.07) is 19.9. The number of nitrogens with zero attached hydrogens (tertiary/aromatic N) is 1. The summed E-state index contributed by atoms with van der Waals surface area (Å²) in [6.45, 7) is -0.00891. The zero-order valence-corrected chi connectivity index (χ0v) is 24.5. The Morgan fingerprint density at radius 2 is 1.85 bits per heavy atom. The van der Waals surface area contributed by atoms with E-state index in [-0.39, 0.29) is 24.6 Å². The van der Waals surface area contributed by atoms with Gasteiger partial charge in [0, 0.05) is 20.0 Å². The topological polar surface area (TPSA) is 84.9 Å². The quantitative estimate of drug-likeness (QED) is 0.251. The molecule has 0 spiro atoms. The Morgan fingerprint density at radius 3 is 2.58 bits per heavy atom. The van der Waals surface area contributed by atoms with Crippen LogP contribution in [-0.4, -0.2) is 47.0 Å². The highest BCUT2D eigenvalue weighted by Crippen LogP contribution is 2.46. The fourth-order valence-electron chi connectivity index (χ4n) is 4.29. The molecule has 2 aliphatic heterocycles. The van der Waals surface area contributed by atoms with Crippen LogP contribution in [0.2, 0.25) is 0 Å². The zero-order chi connectivity index (χ0) is 28.2. The van der Waals surface area contributed by atoms with Crippen molar-refractivity contribution in [2.45, 2.75) is 29.3 Å². The number of amides is 2. The van der Waals surface area contributed by atoms with Gasteiger partial charge in [0.25, 0.3) is 5.91 Å². The molecule has 0 aliphatic carbocycles. The fraction of sp³-hybridized carbons (Fsp3) is 0.207. The van der Waals surface area contributed by atoms with Crippen molar-refractivity contribution >= 4 is 57.2 Å². The molecule has 206 valence electrons. The predicted molar refractivity (Wildman–Crippen MR) is 155 cm³/mol. The van der Waals surface area contributed by atoms with Crippen molar-refractivity contribution in [2.24, 2.45) is 0 Å².